The summed E-state index contributed by atoms with van der Waals surface area (Å²) in [5.41, 5.74) is 0.447. The van der Waals surface area contributed by atoms with Crippen molar-refractivity contribution in [2.45, 2.75) is 64.3 Å². The normalized spacial score (nSPS) is 18.3. The van der Waals surface area contributed by atoms with Gasteiger partial charge in [0.15, 0.2) is 0 Å². The molecule has 9 heteroatoms. The first-order valence-electron chi connectivity index (χ1n) is 11.6. The Hall–Kier alpha value is -1.97. The van der Waals surface area contributed by atoms with E-state index in [1.165, 1.54) is 16.4 Å². The fraction of sp³-hybridized carbons (Fsp3) is 0.652. The minimum atomic E-state index is -3.59. The molecule has 1 aromatic rings. The van der Waals surface area contributed by atoms with Gasteiger partial charge in [-0.2, -0.15) is 4.31 Å². The predicted molar refractivity (Wildman–Crippen MR) is 127 cm³/mol. The molecule has 0 saturated carbocycles. The van der Waals surface area contributed by atoms with Gasteiger partial charge in [-0.3, -0.25) is 14.5 Å². The first-order chi connectivity index (χ1) is 15.2. The highest BCUT2D eigenvalue weighted by atomic mass is 32.2. The van der Waals surface area contributed by atoms with E-state index < -0.39 is 10.0 Å². The van der Waals surface area contributed by atoms with Gasteiger partial charge in [-0.25, -0.2) is 8.42 Å². The SMILES string of the molecule is CCCC(C)NC(=O)C1CCCN(CC(=O)Nc2cccc(S(=O)(=O)N(CC)CC)c2)C1. The van der Waals surface area contributed by atoms with Gasteiger partial charge >= 0.3 is 0 Å². The maximum Gasteiger partial charge on any atom is 0.243 e. The van der Waals surface area contributed by atoms with Gasteiger partial charge in [0.25, 0.3) is 0 Å². The zero-order chi connectivity index (χ0) is 23.7. The third-order valence-electron chi connectivity index (χ3n) is 5.81. The van der Waals surface area contributed by atoms with Crippen molar-refractivity contribution in [2.75, 3.05) is 38.0 Å². The van der Waals surface area contributed by atoms with Crippen molar-refractivity contribution < 1.29 is 18.0 Å². The minimum Gasteiger partial charge on any atom is -0.353 e. The number of sulfonamides is 1. The molecule has 0 aliphatic carbocycles. The summed E-state index contributed by atoms with van der Waals surface area (Å²) in [7, 11) is -3.59. The van der Waals surface area contributed by atoms with Gasteiger partial charge in [-0.1, -0.05) is 33.3 Å². The van der Waals surface area contributed by atoms with Crippen LogP contribution in [0.5, 0.6) is 0 Å². The van der Waals surface area contributed by atoms with E-state index in [2.05, 4.69) is 17.6 Å². The Kier molecular flexibility index (Phi) is 10.1. The molecule has 1 heterocycles. The highest BCUT2D eigenvalue weighted by Crippen LogP contribution is 2.20. The van der Waals surface area contributed by atoms with Crippen LogP contribution in [0, 0.1) is 5.92 Å². The van der Waals surface area contributed by atoms with Crippen LogP contribution in [0.1, 0.15) is 53.4 Å². The average Bonchev–Trinajstić information content (AvgIpc) is 2.74. The smallest absolute Gasteiger partial charge is 0.243 e. The number of nitrogens with one attached hydrogen (secondary N) is 2. The molecule has 32 heavy (non-hydrogen) atoms. The molecule has 1 aromatic carbocycles. The Morgan fingerprint density at radius 2 is 1.94 bits per heavy atom. The van der Waals surface area contributed by atoms with E-state index >= 15 is 0 Å². The molecule has 1 aliphatic rings. The zero-order valence-electron chi connectivity index (χ0n) is 19.8. The monoisotopic (exact) mass is 466 g/mol. The molecular weight excluding hydrogens is 428 g/mol. The zero-order valence-corrected chi connectivity index (χ0v) is 20.6. The second-order valence-electron chi connectivity index (χ2n) is 8.44. The quantitative estimate of drug-likeness (QED) is 0.522. The van der Waals surface area contributed by atoms with Crippen LogP contribution in [0.3, 0.4) is 0 Å². The molecule has 1 fully saturated rings. The number of benzene rings is 1. The number of carbonyl (C=O) groups is 2. The fourth-order valence-electron chi connectivity index (χ4n) is 4.13. The van der Waals surface area contributed by atoms with E-state index in [4.69, 9.17) is 0 Å². The van der Waals surface area contributed by atoms with Gasteiger partial charge in [0.1, 0.15) is 0 Å². The molecule has 0 radical (unpaired) electrons. The Labute approximate surface area is 192 Å². The van der Waals surface area contributed by atoms with E-state index in [1.54, 1.807) is 26.0 Å². The lowest BCUT2D eigenvalue weighted by Gasteiger charge is -2.32. The number of carbonyl (C=O) groups excluding carboxylic acids is 2. The summed E-state index contributed by atoms with van der Waals surface area (Å²) < 4.78 is 26.9. The van der Waals surface area contributed by atoms with Crippen molar-refractivity contribution in [2.24, 2.45) is 5.92 Å². The van der Waals surface area contributed by atoms with E-state index in [0.717, 1.165) is 32.2 Å². The third kappa shape index (κ3) is 7.28. The highest BCUT2D eigenvalue weighted by molar-refractivity contribution is 7.89. The first kappa shape index (κ1) is 26.3. The van der Waals surface area contributed by atoms with Crippen LogP contribution in [0.25, 0.3) is 0 Å². The molecule has 2 atom stereocenters. The van der Waals surface area contributed by atoms with Gasteiger partial charge in [0.2, 0.25) is 21.8 Å². The summed E-state index contributed by atoms with van der Waals surface area (Å²) in [6, 6.07) is 6.50. The van der Waals surface area contributed by atoms with Crippen molar-refractivity contribution in [3.63, 3.8) is 0 Å². The Morgan fingerprint density at radius 1 is 1.22 bits per heavy atom. The lowest BCUT2D eigenvalue weighted by atomic mass is 9.96. The molecule has 0 spiro atoms. The van der Waals surface area contributed by atoms with Gasteiger partial charge in [-0.05, 0) is 50.9 Å². The molecular formula is C23H38N4O4S. The number of piperidine rings is 1. The van der Waals surface area contributed by atoms with Crippen molar-refractivity contribution in [1.29, 1.82) is 0 Å². The number of nitrogens with zero attached hydrogens (tertiary/aromatic N) is 2. The number of amides is 2. The van der Waals surface area contributed by atoms with Crippen molar-refractivity contribution in [3.05, 3.63) is 24.3 Å². The maximum absolute atomic E-state index is 12.7. The number of hydrogen-bond donors (Lipinski definition) is 2. The average molecular weight is 467 g/mol. The first-order valence-corrected chi connectivity index (χ1v) is 13.1. The summed E-state index contributed by atoms with van der Waals surface area (Å²) in [4.78, 5) is 27.3. The lowest BCUT2D eigenvalue weighted by Crippen LogP contribution is -2.47. The number of rotatable bonds is 11. The molecule has 180 valence electrons. The van der Waals surface area contributed by atoms with Gasteiger partial charge in [-0.15, -0.1) is 0 Å². The predicted octanol–water partition coefficient (Wildman–Crippen LogP) is 2.67. The molecule has 2 amide bonds. The Balaban J connectivity index is 1.96. The van der Waals surface area contributed by atoms with Crippen LogP contribution in [0.4, 0.5) is 5.69 Å². The molecule has 2 rings (SSSR count). The second-order valence-corrected chi connectivity index (χ2v) is 10.4. The minimum absolute atomic E-state index is 0.0605. The van der Waals surface area contributed by atoms with Crippen LogP contribution in [-0.4, -0.2) is 68.2 Å². The maximum atomic E-state index is 12.7. The molecule has 2 N–H and O–H groups in total. The van der Waals surface area contributed by atoms with E-state index in [0.29, 0.717) is 25.3 Å². The van der Waals surface area contributed by atoms with Crippen molar-refractivity contribution >= 4 is 27.5 Å². The van der Waals surface area contributed by atoms with Gasteiger partial charge in [0, 0.05) is 31.4 Å². The molecule has 1 aliphatic heterocycles. The largest absolute Gasteiger partial charge is 0.353 e. The number of hydrogen-bond acceptors (Lipinski definition) is 5. The van der Waals surface area contributed by atoms with Crippen LogP contribution in [0.15, 0.2) is 29.2 Å². The standard InChI is InChI=1S/C23H38N4O4S/c1-5-10-18(4)24-23(29)19-11-9-14-26(16-19)17-22(28)25-20-12-8-13-21(15-20)32(30,31)27(6-2)7-3/h8,12-13,15,18-19H,5-7,9-11,14,16-17H2,1-4H3,(H,24,29)(H,25,28). The topological polar surface area (TPSA) is 98.8 Å². The molecule has 1 saturated heterocycles. The van der Waals surface area contributed by atoms with Crippen LogP contribution < -0.4 is 10.6 Å². The molecule has 0 aromatic heterocycles. The Morgan fingerprint density at radius 3 is 2.59 bits per heavy atom. The fourth-order valence-corrected chi connectivity index (χ4v) is 5.63. The molecule has 8 nitrogen and oxygen atoms in total. The Bertz CT molecular complexity index is 871. The summed E-state index contributed by atoms with van der Waals surface area (Å²) in [6.45, 7) is 9.95. The molecule has 0 bridgehead atoms. The number of likely N-dealkylation sites (tertiary alicyclic amines) is 1. The summed E-state index contributed by atoms with van der Waals surface area (Å²) in [5, 5.41) is 5.88. The van der Waals surface area contributed by atoms with Crippen LogP contribution in [0.2, 0.25) is 0 Å². The third-order valence-corrected chi connectivity index (χ3v) is 7.86. The molecule has 2 unspecified atom stereocenters. The highest BCUT2D eigenvalue weighted by Gasteiger charge is 2.27. The second kappa shape index (κ2) is 12.3. The lowest BCUT2D eigenvalue weighted by molar-refractivity contribution is -0.128. The van der Waals surface area contributed by atoms with E-state index in [9.17, 15) is 18.0 Å². The van der Waals surface area contributed by atoms with Gasteiger partial charge in [0.05, 0.1) is 17.4 Å². The van der Waals surface area contributed by atoms with E-state index in [1.807, 2.05) is 11.8 Å². The van der Waals surface area contributed by atoms with Crippen LogP contribution in [-0.2, 0) is 19.6 Å². The van der Waals surface area contributed by atoms with Crippen LogP contribution >= 0.6 is 0 Å². The summed E-state index contributed by atoms with van der Waals surface area (Å²) in [6.07, 6.45) is 3.67. The summed E-state index contributed by atoms with van der Waals surface area (Å²) in [5.74, 6) is -0.272. The van der Waals surface area contributed by atoms with Gasteiger partial charge < -0.3 is 10.6 Å². The summed E-state index contributed by atoms with van der Waals surface area (Å²) >= 11 is 0. The van der Waals surface area contributed by atoms with Crippen molar-refractivity contribution in [1.82, 2.24) is 14.5 Å². The van der Waals surface area contributed by atoms with E-state index in [-0.39, 0.29) is 35.2 Å². The number of anilines is 1. The van der Waals surface area contributed by atoms with Crippen molar-refractivity contribution in [3.8, 4) is 0 Å².